The molecule has 1 N–H and O–H groups in total. The number of aromatic nitrogens is 2. The predicted molar refractivity (Wildman–Crippen MR) is 86.2 cm³/mol. The minimum absolute atomic E-state index is 0.388. The molecule has 1 aromatic carbocycles. The molecule has 5 nitrogen and oxygen atoms in total. The first kappa shape index (κ1) is 14.0. The minimum atomic E-state index is -0.388. The van der Waals surface area contributed by atoms with E-state index in [1.807, 2.05) is 24.3 Å². The van der Waals surface area contributed by atoms with Crippen LogP contribution in [-0.2, 0) is 4.74 Å². The van der Waals surface area contributed by atoms with Crippen molar-refractivity contribution in [2.75, 3.05) is 12.4 Å². The van der Waals surface area contributed by atoms with Gasteiger partial charge in [0.1, 0.15) is 4.88 Å². The third kappa shape index (κ3) is 2.88. The second kappa shape index (κ2) is 5.79. The number of para-hydroxylation sites is 1. The van der Waals surface area contributed by atoms with Crippen LogP contribution in [-0.4, -0.2) is 23.0 Å². The smallest absolute Gasteiger partial charge is 0.349 e. The van der Waals surface area contributed by atoms with E-state index in [-0.39, 0.29) is 5.97 Å². The van der Waals surface area contributed by atoms with E-state index in [2.05, 4.69) is 36.0 Å². The van der Waals surface area contributed by atoms with Gasteiger partial charge in [-0.05, 0) is 28.1 Å². The molecular formula is C14H10BrN3O2S. The van der Waals surface area contributed by atoms with E-state index < -0.39 is 0 Å². The molecule has 0 aliphatic heterocycles. The SMILES string of the molecule is COC(=O)c1cnc(Nc2cccc3cc(Br)cnc23)s1. The van der Waals surface area contributed by atoms with Gasteiger partial charge in [0.15, 0.2) is 5.13 Å². The second-order valence-corrected chi connectivity index (χ2v) is 6.12. The van der Waals surface area contributed by atoms with E-state index in [1.165, 1.54) is 24.6 Å². The van der Waals surface area contributed by atoms with Gasteiger partial charge in [0.25, 0.3) is 0 Å². The van der Waals surface area contributed by atoms with Crippen molar-refractivity contribution in [1.29, 1.82) is 0 Å². The highest BCUT2D eigenvalue weighted by atomic mass is 79.9. The predicted octanol–water partition coefficient (Wildman–Crippen LogP) is 3.98. The van der Waals surface area contributed by atoms with Crippen molar-refractivity contribution >= 4 is 55.0 Å². The monoisotopic (exact) mass is 363 g/mol. The van der Waals surface area contributed by atoms with Crippen LogP contribution in [0.5, 0.6) is 0 Å². The van der Waals surface area contributed by atoms with Gasteiger partial charge in [0.2, 0.25) is 0 Å². The third-order valence-electron chi connectivity index (χ3n) is 2.81. The number of rotatable bonds is 3. The Morgan fingerprint density at radius 2 is 2.19 bits per heavy atom. The highest BCUT2D eigenvalue weighted by Gasteiger charge is 2.11. The van der Waals surface area contributed by atoms with Gasteiger partial charge in [-0.15, -0.1) is 0 Å². The number of fused-ring (bicyclic) bond motifs is 1. The lowest BCUT2D eigenvalue weighted by molar-refractivity contribution is 0.0606. The number of pyridine rings is 1. The normalized spacial score (nSPS) is 10.6. The van der Waals surface area contributed by atoms with Crippen LogP contribution in [0.1, 0.15) is 9.67 Å². The standard InChI is InChI=1S/C14H10BrN3O2S/c1-20-13(19)11-7-17-14(21-11)18-10-4-2-3-8-5-9(15)6-16-12(8)10/h2-7H,1H3,(H,17,18). The van der Waals surface area contributed by atoms with E-state index in [0.29, 0.717) is 10.0 Å². The topological polar surface area (TPSA) is 64.1 Å². The Hall–Kier alpha value is -1.99. The molecule has 0 spiro atoms. The molecule has 0 atom stereocenters. The first-order valence-corrected chi connectivity index (χ1v) is 7.64. The summed E-state index contributed by atoms with van der Waals surface area (Å²) in [5, 5.41) is 4.82. The number of ether oxygens (including phenoxy) is 1. The van der Waals surface area contributed by atoms with E-state index in [0.717, 1.165) is 21.1 Å². The summed E-state index contributed by atoms with van der Waals surface area (Å²) in [6, 6.07) is 7.84. The minimum Gasteiger partial charge on any atom is -0.465 e. The quantitative estimate of drug-likeness (QED) is 0.712. The molecule has 0 fully saturated rings. The lowest BCUT2D eigenvalue weighted by atomic mass is 10.2. The summed E-state index contributed by atoms with van der Waals surface area (Å²) in [5.41, 5.74) is 1.68. The summed E-state index contributed by atoms with van der Waals surface area (Å²) < 4.78 is 5.59. The Labute approximate surface area is 133 Å². The number of carbonyl (C=O) groups excluding carboxylic acids is 1. The summed E-state index contributed by atoms with van der Waals surface area (Å²) in [6.07, 6.45) is 3.24. The Balaban J connectivity index is 1.94. The number of halogens is 1. The number of hydrogen-bond acceptors (Lipinski definition) is 6. The number of nitrogens with zero attached hydrogens (tertiary/aromatic N) is 2. The van der Waals surface area contributed by atoms with E-state index >= 15 is 0 Å². The highest BCUT2D eigenvalue weighted by molar-refractivity contribution is 9.10. The van der Waals surface area contributed by atoms with E-state index in [4.69, 9.17) is 0 Å². The number of hydrogen-bond donors (Lipinski definition) is 1. The average Bonchev–Trinajstić information content (AvgIpc) is 2.95. The number of benzene rings is 1. The summed E-state index contributed by atoms with van der Waals surface area (Å²) >= 11 is 4.64. The molecule has 3 rings (SSSR count). The largest absolute Gasteiger partial charge is 0.465 e. The molecule has 106 valence electrons. The maximum atomic E-state index is 11.4. The molecule has 7 heteroatoms. The molecular weight excluding hydrogens is 354 g/mol. The van der Waals surface area contributed by atoms with E-state index in [1.54, 1.807) is 6.20 Å². The van der Waals surface area contributed by atoms with Gasteiger partial charge in [0, 0.05) is 16.1 Å². The van der Waals surface area contributed by atoms with Gasteiger partial charge in [-0.3, -0.25) is 4.98 Å². The Morgan fingerprint density at radius 1 is 1.33 bits per heavy atom. The summed E-state index contributed by atoms with van der Waals surface area (Å²) in [7, 11) is 1.35. The molecule has 2 aromatic heterocycles. The maximum absolute atomic E-state index is 11.4. The molecule has 0 bridgehead atoms. The molecule has 0 saturated heterocycles. The molecule has 0 amide bonds. The zero-order chi connectivity index (χ0) is 14.8. The van der Waals surface area contributed by atoms with Gasteiger partial charge in [-0.25, -0.2) is 9.78 Å². The Bertz CT molecular complexity index is 819. The number of nitrogens with one attached hydrogen (secondary N) is 1. The summed E-state index contributed by atoms with van der Waals surface area (Å²) in [5.74, 6) is -0.388. The second-order valence-electron chi connectivity index (χ2n) is 4.18. The number of esters is 1. The first-order chi connectivity index (χ1) is 10.2. The van der Waals surface area contributed by atoms with Crippen LogP contribution in [0.4, 0.5) is 10.8 Å². The van der Waals surface area contributed by atoms with Crippen LogP contribution in [0, 0.1) is 0 Å². The highest BCUT2D eigenvalue weighted by Crippen LogP contribution is 2.28. The fourth-order valence-corrected chi connectivity index (χ4v) is 2.97. The molecule has 0 aliphatic rings. The number of thiazole rings is 1. The maximum Gasteiger partial charge on any atom is 0.349 e. The number of carbonyl (C=O) groups is 1. The molecule has 0 unspecified atom stereocenters. The van der Waals surface area contributed by atoms with Crippen LogP contribution >= 0.6 is 27.3 Å². The number of anilines is 2. The Kier molecular flexibility index (Phi) is 3.85. The molecule has 21 heavy (non-hydrogen) atoms. The molecule has 3 aromatic rings. The van der Waals surface area contributed by atoms with Crippen molar-refractivity contribution in [3.8, 4) is 0 Å². The van der Waals surface area contributed by atoms with Crippen LogP contribution in [0.3, 0.4) is 0 Å². The summed E-state index contributed by atoms with van der Waals surface area (Å²) in [4.78, 5) is 20.5. The van der Waals surface area contributed by atoms with Crippen molar-refractivity contribution in [2.24, 2.45) is 0 Å². The third-order valence-corrected chi connectivity index (χ3v) is 4.14. The van der Waals surface area contributed by atoms with Crippen molar-refractivity contribution in [3.05, 3.63) is 46.0 Å². The zero-order valence-electron chi connectivity index (χ0n) is 11.0. The van der Waals surface area contributed by atoms with Crippen molar-refractivity contribution in [3.63, 3.8) is 0 Å². The Morgan fingerprint density at radius 3 is 3.00 bits per heavy atom. The molecule has 2 heterocycles. The van der Waals surface area contributed by atoms with Gasteiger partial charge < -0.3 is 10.1 Å². The van der Waals surface area contributed by atoms with Crippen molar-refractivity contribution in [2.45, 2.75) is 0 Å². The van der Waals surface area contributed by atoms with Crippen LogP contribution in [0.2, 0.25) is 0 Å². The van der Waals surface area contributed by atoms with Gasteiger partial charge in [-0.2, -0.15) is 0 Å². The molecule has 0 saturated carbocycles. The fraction of sp³-hybridized carbons (Fsp3) is 0.0714. The van der Waals surface area contributed by atoms with Gasteiger partial charge in [0.05, 0.1) is 24.5 Å². The van der Waals surface area contributed by atoms with E-state index in [9.17, 15) is 4.79 Å². The lowest BCUT2D eigenvalue weighted by Crippen LogP contribution is -1.96. The van der Waals surface area contributed by atoms with Crippen LogP contribution in [0.25, 0.3) is 10.9 Å². The van der Waals surface area contributed by atoms with Gasteiger partial charge >= 0.3 is 5.97 Å². The zero-order valence-corrected chi connectivity index (χ0v) is 13.4. The summed E-state index contributed by atoms with van der Waals surface area (Å²) in [6.45, 7) is 0. The average molecular weight is 364 g/mol. The molecule has 0 radical (unpaired) electrons. The van der Waals surface area contributed by atoms with Gasteiger partial charge in [-0.1, -0.05) is 23.5 Å². The first-order valence-electron chi connectivity index (χ1n) is 6.03. The van der Waals surface area contributed by atoms with Crippen LogP contribution < -0.4 is 5.32 Å². The fourth-order valence-electron chi connectivity index (χ4n) is 1.88. The van der Waals surface area contributed by atoms with Crippen molar-refractivity contribution < 1.29 is 9.53 Å². The lowest BCUT2D eigenvalue weighted by Gasteiger charge is -2.06. The van der Waals surface area contributed by atoms with Crippen LogP contribution in [0.15, 0.2) is 41.1 Å². The number of methoxy groups -OCH3 is 1. The molecule has 0 aliphatic carbocycles. The van der Waals surface area contributed by atoms with Crippen molar-refractivity contribution in [1.82, 2.24) is 9.97 Å².